The molecular weight excluding hydrogens is 128 g/mol. The van der Waals surface area contributed by atoms with Crippen LogP contribution in [0.4, 0.5) is 0 Å². The van der Waals surface area contributed by atoms with Crippen LogP contribution >= 0.6 is 0 Å². The van der Waals surface area contributed by atoms with Gasteiger partial charge in [0.1, 0.15) is 0 Å². The standard InChI is InChI=1S/C8H12O2/c1-6-4-3-5-7(2)8(6,9)10/h3-6,9-10H,1-2H3. The van der Waals surface area contributed by atoms with E-state index in [-0.39, 0.29) is 5.92 Å². The summed E-state index contributed by atoms with van der Waals surface area (Å²) in [5.41, 5.74) is 0.600. The van der Waals surface area contributed by atoms with E-state index in [1.807, 2.05) is 6.08 Å². The van der Waals surface area contributed by atoms with Crippen LogP contribution in [0.3, 0.4) is 0 Å². The molecule has 0 bridgehead atoms. The van der Waals surface area contributed by atoms with Gasteiger partial charge in [0.05, 0.1) is 0 Å². The van der Waals surface area contributed by atoms with Crippen molar-refractivity contribution >= 4 is 0 Å². The Bertz CT molecular complexity index is 189. The molecule has 1 rings (SSSR count). The molecule has 0 fully saturated rings. The number of hydrogen-bond donors (Lipinski definition) is 2. The zero-order chi connectivity index (χ0) is 7.78. The fourth-order valence-corrected chi connectivity index (χ4v) is 0.983. The van der Waals surface area contributed by atoms with Crippen LogP contribution < -0.4 is 0 Å². The lowest BCUT2D eigenvalue weighted by Gasteiger charge is -2.29. The van der Waals surface area contributed by atoms with E-state index in [4.69, 9.17) is 0 Å². The smallest absolute Gasteiger partial charge is 0.191 e. The molecule has 1 atom stereocenters. The SMILES string of the molecule is CC1=CC=CC(C)C1(O)O. The molecule has 10 heavy (non-hydrogen) atoms. The second-order valence-electron chi connectivity index (χ2n) is 2.75. The van der Waals surface area contributed by atoms with E-state index in [0.717, 1.165) is 0 Å². The lowest BCUT2D eigenvalue weighted by Crippen LogP contribution is -2.37. The molecule has 0 heterocycles. The molecule has 0 aliphatic heterocycles. The molecule has 0 aromatic heterocycles. The van der Waals surface area contributed by atoms with Crippen LogP contribution in [-0.2, 0) is 0 Å². The fraction of sp³-hybridized carbons (Fsp3) is 0.500. The van der Waals surface area contributed by atoms with Gasteiger partial charge < -0.3 is 10.2 Å². The van der Waals surface area contributed by atoms with Gasteiger partial charge in [-0.05, 0) is 12.5 Å². The van der Waals surface area contributed by atoms with E-state index in [0.29, 0.717) is 5.57 Å². The van der Waals surface area contributed by atoms with Crippen molar-refractivity contribution in [3.8, 4) is 0 Å². The maximum atomic E-state index is 9.35. The topological polar surface area (TPSA) is 40.5 Å². The summed E-state index contributed by atoms with van der Waals surface area (Å²) in [4.78, 5) is 0. The molecule has 0 spiro atoms. The van der Waals surface area contributed by atoms with E-state index in [1.165, 1.54) is 0 Å². The van der Waals surface area contributed by atoms with Crippen molar-refractivity contribution in [3.05, 3.63) is 23.8 Å². The predicted molar refractivity (Wildman–Crippen MR) is 39.2 cm³/mol. The third kappa shape index (κ3) is 1.00. The Morgan fingerprint density at radius 1 is 1.50 bits per heavy atom. The highest BCUT2D eigenvalue weighted by molar-refractivity contribution is 5.25. The van der Waals surface area contributed by atoms with E-state index in [2.05, 4.69) is 0 Å². The molecule has 2 N–H and O–H groups in total. The van der Waals surface area contributed by atoms with Gasteiger partial charge in [-0.15, -0.1) is 0 Å². The molecule has 0 amide bonds. The van der Waals surface area contributed by atoms with Crippen molar-refractivity contribution < 1.29 is 10.2 Å². The Kier molecular flexibility index (Phi) is 1.67. The third-order valence-electron chi connectivity index (χ3n) is 1.96. The Labute approximate surface area is 60.5 Å². The van der Waals surface area contributed by atoms with E-state index < -0.39 is 5.79 Å². The van der Waals surface area contributed by atoms with Gasteiger partial charge in [-0.2, -0.15) is 0 Å². The van der Waals surface area contributed by atoms with Gasteiger partial charge in [0.15, 0.2) is 5.79 Å². The third-order valence-corrected chi connectivity index (χ3v) is 1.96. The van der Waals surface area contributed by atoms with Gasteiger partial charge in [0, 0.05) is 5.92 Å². The molecule has 2 nitrogen and oxygen atoms in total. The molecule has 56 valence electrons. The van der Waals surface area contributed by atoms with E-state index in [1.54, 1.807) is 26.0 Å². The zero-order valence-electron chi connectivity index (χ0n) is 6.20. The minimum absolute atomic E-state index is 0.211. The Hall–Kier alpha value is -0.600. The number of rotatable bonds is 0. The highest BCUT2D eigenvalue weighted by Gasteiger charge is 2.32. The van der Waals surface area contributed by atoms with Gasteiger partial charge in [-0.3, -0.25) is 0 Å². The summed E-state index contributed by atoms with van der Waals surface area (Å²) in [5.74, 6) is -1.84. The maximum absolute atomic E-state index is 9.35. The van der Waals surface area contributed by atoms with Crippen LogP contribution in [0.2, 0.25) is 0 Å². The monoisotopic (exact) mass is 140 g/mol. The van der Waals surface area contributed by atoms with Crippen molar-refractivity contribution in [3.63, 3.8) is 0 Å². The first kappa shape index (κ1) is 7.51. The van der Waals surface area contributed by atoms with Crippen molar-refractivity contribution in [1.29, 1.82) is 0 Å². The predicted octanol–water partition coefficient (Wildman–Crippen LogP) is 0.819. The minimum atomic E-state index is -1.63. The largest absolute Gasteiger partial charge is 0.362 e. The summed E-state index contributed by atoms with van der Waals surface area (Å²) in [7, 11) is 0. The van der Waals surface area contributed by atoms with Crippen LogP contribution in [-0.4, -0.2) is 16.0 Å². The Morgan fingerprint density at radius 2 is 2.10 bits per heavy atom. The molecular formula is C8H12O2. The van der Waals surface area contributed by atoms with Crippen molar-refractivity contribution in [2.75, 3.05) is 0 Å². The molecule has 1 aliphatic rings. The van der Waals surface area contributed by atoms with Crippen molar-refractivity contribution in [1.82, 2.24) is 0 Å². The second kappa shape index (κ2) is 2.22. The molecule has 0 aromatic rings. The molecule has 1 aliphatic carbocycles. The Morgan fingerprint density at radius 3 is 2.50 bits per heavy atom. The first-order valence-corrected chi connectivity index (χ1v) is 3.35. The summed E-state index contributed by atoms with van der Waals surface area (Å²) < 4.78 is 0. The molecule has 1 unspecified atom stereocenters. The average Bonchev–Trinajstić information content (AvgIpc) is 1.84. The first-order valence-electron chi connectivity index (χ1n) is 3.35. The summed E-state index contributed by atoms with van der Waals surface area (Å²) in [6, 6.07) is 0. The Balaban J connectivity index is 2.93. The van der Waals surface area contributed by atoms with Gasteiger partial charge in [0.25, 0.3) is 0 Å². The summed E-state index contributed by atoms with van der Waals surface area (Å²) in [5, 5.41) is 18.7. The molecule has 2 heteroatoms. The van der Waals surface area contributed by atoms with Gasteiger partial charge in [-0.1, -0.05) is 25.2 Å². The van der Waals surface area contributed by atoms with Gasteiger partial charge in [0.2, 0.25) is 0 Å². The molecule has 0 radical (unpaired) electrons. The van der Waals surface area contributed by atoms with Crippen LogP contribution in [0, 0.1) is 5.92 Å². The van der Waals surface area contributed by atoms with E-state index in [9.17, 15) is 10.2 Å². The quantitative estimate of drug-likeness (QED) is 0.489. The van der Waals surface area contributed by atoms with Crippen molar-refractivity contribution in [2.45, 2.75) is 19.6 Å². The van der Waals surface area contributed by atoms with Crippen LogP contribution in [0.25, 0.3) is 0 Å². The normalized spacial score (nSPS) is 30.0. The van der Waals surface area contributed by atoms with Crippen LogP contribution in [0.5, 0.6) is 0 Å². The number of aliphatic hydroxyl groups is 2. The molecule has 0 saturated carbocycles. The van der Waals surface area contributed by atoms with Gasteiger partial charge in [-0.25, -0.2) is 0 Å². The van der Waals surface area contributed by atoms with Crippen molar-refractivity contribution in [2.24, 2.45) is 5.92 Å². The van der Waals surface area contributed by atoms with Crippen LogP contribution in [0.15, 0.2) is 23.8 Å². The summed E-state index contributed by atoms with van der Waals surface area (Å²) in [6.45, 7) is 3.48. The highest BCUT2D eigenvalue weighted by Crippen LogP contribution is 2.27. The van der Waals surface area contributed by atoms with Gasteiger partial charge >= 0.3 is 0 Å². The lowest BCUT2D eigenvalue weighted by molar-refractivity contribution is -0.153. The fourth-order valence-electron chi connectivity index (χ4n) is 0.983. The minimum Gasteiger partial charge on any atom is -0.362 e. The first-order chi connectivity index (χ1) is 4.55. The molecule has 0 aromatic carbocycles. The zero-order valence-corrected chi connectivity index (χ0v) is 6.20. The maximum Gasteiger partial charge on any atom is 0.191 e. The highest BCUT2D eigenvalue weighted by atomic mass is 16.5. The summed E-state index contributed by atoms with van der Waals surface area (Å²) >= 11 is 0. The van der Waals surface area contributed by atoms with E-state index >= 15 is 0 Å². The molecule has 0 saturated heterocycles. The number of allylic oxidation sites excluding steroid dienone is 2. The second-order valence-corrected chi connectivity index (χ2v) is 2.75. The number of hydrogen-bond acceptors (Lipinski definition) is 2. The van der Waals surface area contributed by atoms with Crippen LogP contribution in [0.1, 0.15) is 13.8 Å². The summed E-state index contributed by atoms with van der Waals surface area (Å²) in [6.07, 6.45) is 5.32. The average molecular weight is 140 g/mol. The lowest BCUT2D eigenvalue weighted by atomic mass is 9.90.